The van der Waals surface area contributed by atoms with E-state index >= 15 is 0 Å². The molecular formula is C9H8ClN3. The number of pyridine rings is 1. The van der Waals surface area contributed by atoms with Gasteiger partial charge in [0, 0.05) is 5.39 Å². The van der Waals surface area contributed by atoms with Gasteiger partial charge in [0.05, 0.1) is 10.5 Å². The van der Waals surface area contributed by atoms with Crippen LogP contribution in [0.3, 0.4) is 0 Å². The summed E-state index contributed by atoms with van der Waals surface area (Å²) in [5.41, 5.74) is 3.24. The summed E-state index contributed by atoms with van der Waals surface area (Å²) in [6.45, 7) is 0. The van der Waals surface area contributed by atoms with Crippen LogP contribution in [0.25, 0.3) is 10.9 Å². The molecule has 0 aliphatic rings. The van der Waals surface area contributed by atoms with Crippen molar-refractivity contribution in [2.24, 2.45) is 5.84 Å². The van der Waals surface area contributed by atoms with Crippen molar-refractivity contribution in [2.75, 3.05) is 5.43 Å². The first-order valence-corrected chi connectivity index (χ1v) is 4.21. The Kier molecular flexibility index (Phi) is 2.04. The van der Waals surface area contributed by atoms with Gasteiger partial charge in [0.2, 0.25) is 0 Å². The Hall–Kier alpha value is -1.32. The van der Waals surface area contributed by atoms with Crippen molar-refractivity contribution >= 4 is 28.3 Å². The number of para-hydroxylation sites is 1. The van der Waals surface area contributed by atoms with Crippen LogP contribution < -0.4 is 11.3 Å². The molecular weight excluding hydrogens is 186 g/mol. The van der Waals surface area contributed by atoms with Gasteiger partial charge in [-0.3, -0.25) is 0 Å². The zero-order valence-corrected chi connectivity index (χ0v) is 7.55. The summed E-state index contributed by atoms with van der Waals surface area (Å²) in [7, 11) is 0. The van der Waals surface area contributed by atoms with Crippen molar-refractivity contribution in [3.8, 4) is 0 Å². The van der Waals surface area contributed by atoms with E-state index in [-0.39, 0.29) is 0 Å². The lowest BCUT2D eigenvalue weighted by atomic mass is 10.2. The molecule has 0 fully saturated rings. The molecule has 0 amide bonds. The number of hydrogen-bond donors (Lipinski definition) is 2. The smallest absolute Gasteiger partial charge is 0.140 e. The number of hydrogen-bond acceptors (Lipinski definition) is 3. The molecule has 0 aliphatic carbocycles. The predicted octanol–water partition coefficient (Wildman–Crippen LogP) is 2.17. The van der Waals surface area contributed by atoms with Crippen molar-refractivity contribution < 1.29 is 0 Å². The quantitative estimate of drug-likeness (QED) is 0.539. The highest BCUT2D eigenvalue weighted by atomic mass is 35.5. The molecule has 3 nitrogen and oxygen atoms in total. The lowest BCUT2D eigenvalue weighted by Gasteiger charge is -2.02. The topological polar surface area (TPSA) is 50.9 Å². The average molecular weight is 194 g/mol. The lowest BCUT2D eigenvalue weighted by Crippen LogP contribution is -2.08. The molecule has 0 saturated heterocycles. The number of nitrogens with zero attached hydrogens (tertiary/aromatic N) is 1. The van der Waals surface area contributed by atoms with Crippen LogP contribution in [0.2, 0.25) is 5.02 Å². The number of rotatable bonds is 1. The summed E-state index contributed by atoms with van der Waals surface area (Å²) < 4.78 is 0. The van der Waals surface area contributed by atoms with Crippen LogP contribution in [0.15, 0.2) is 30.3 Å². The second kappa shape index (κ2) is 3.20. The average Bonchev–Trinajstić information content (AvgIpc) is 2.18. The molecule has 0 aliphatic heterocycles. The third-order valence-corrected chi connectivity index (χ3v) is 2.12. The number of nitrogens with two attached hydrogens (primary N) is 1. The fourth-order valence-electron chi connectivity index (χ4n) is 1.19. The first kappa shape index (κ1) is 8.29. The molecule has 0 spiro atoms. The minimum atomic E-state index is 0.612. The van der Waals surface area contributed by atoms with E-state index in [9.17, 15) is 0 Å². The number of nitrogens with one attached hydrogen (secondary N) is 1. The van der Waals surface area contributed by atoms with E-state index in [2.05, 4.69) is 10.4 Å². The molecule has 4 heteroatoms. The highest BCUT2D eigenvalue weighted by Gasteiger charge is 2.00. The Morgan fingerprint density at radius 2 is 2.08 bits per heavy atom. The molecule has 66 valence electrons. The maximum atomic E-state index is 5.95. The van der Waals surface area contributed by atoms with E-state index < -0.39 is 0 Å². The molecule has 1 heterocycles. The van der Waals surface area contributed by atoms with Gasteiger partial charge in [0.1, 0.15) is 5.82 Å². The summed E-state index contributed by atoms with van der Waals surface area (Å²) >= 11 is 5.95. The van der Waals surface area contributed by atoms with Gasteiger partial charge >= 0.3 is 0 Å². The number of halogens is 1. The fraction of sp³-hybridized carbons (Fsp3) is 0. The van der Waals surface area contributed by atoms with Crippen LogP contribution in [-0.2, 0) is 0 Å². The minimum absolute atomic E-state index is 0.612. The van der Waals surface area contributed by atoms with Crippen LogP contribution in [0.4, 0.5) is 5.82 Å². The number of hydrazine groups is 1. The summed E-state index contributed by atoms with van der Waals surface area (Å²) in [5, 5.41) is 1.64. The molecule has 0 atom stereocenters. The Morgan fingerprint density at radius 3 is 2.85 bits per heavy atom. The third-order valence-electron chi connectivity index (χ3n) is 1.82. The van der Waals surface area contributed by atoms with Crippen molar-refractivity contribution in [1.82, 2.24) is 4.98 Å². The Labute approximate surface area is 80.5 Å². The second-order valence-corrected chi connectivity index (χ2v) is 3.06. The van der Waals surface area contributed by atoms with Gasteiger partial charge in [-0.1, -0.05) is 23.7 Å². The normalized spacial score (nSPS) is 10.3. The molecule has 0 saturated carbocycles. The zero-order chi connectivity index (χ0) is 9.26. The molecule has 13 heavy (non-hydrogen) atoms. The van der Waals surface area contributed by atoms with E-state index in [4.69, 9.17) is 17.4 Å². The number of anilines is 1. The van der Waals surface area contributed by atoms with Crippen molar-refractivity contribution in [3.05, 3.63) is 35.4 Å². The number of nitrogen functional groups attached to an aromatic ring is 1. The highest BCUT2D eigenvalue weighted by Crippen LogP contribution is 2.22. The first-order valence-electron chi connectivity index (χ1n) is 3.83. The molecule has 2 aromatic rings. The number of aromatic nitrogens is 1. The SMILES string of the molecule is NNc1ccc2cccc(Cl)c2n1. The van der Waals surface area contributed by atoms with E-state index in [1.54, 1.807) is 12.1 Å². The highest BCUT2D eigenvalue weighted by molar-refractivity contribution is 6.35. The van der Waals surface area contributed by atoms with Gasteiger partial charge < -0.3 is 5.43 Å². The van der Waals surface area contributed by atoms with Gasteiger partial charge in [-0.05, 0) is 18.2 Å². The monoisotopic (exact) mass is 193 g/mol. The maximum absolute atomic E-state index is 5.95. The van der Waals surface area contributed by atoms with Crippen LogP contribution in [-0.4, -0.2) is 4.98 Å². The van der Waals surface area contributed by atoms with E-state index in [1.807, 2.05) is 18.2 Å². The molecule has 0 radical (unpaired) electrons. The van der Waals surface area contributed by atoms with E-state index in [1.165, 1.54) is 0 Å². The number of benzene rings is 1. The molecule has 0 unspecified atom stereocenters. The molecule has 1 aromatic heterocycles. The Bertz CT molecular complexity index is 442. The maximum Gasteiger partial charge on any atom is 0.140 e. The second-order valence-electron chi connectivity index (χ2n) is 2.65. The summed E-state index contributed by atoms with van der Waals surface area (Å²) in [6, 6.07) is 9.37. The first-order chi connectivity index (χ1) is 6.31. The molecule has 0 bridgehead atoms. The largest absolute Gasteiger partial charge is 0.308 e. The van der Waals surface area contributed by atoms with Crippen LogP contribution in [0.5, 0.6) is 0 Å². The Balaban J connectivity index is 2.74. The van der Waals surface area contributed by atoms with Crippen LogP contribution >= 0.6 is 11.6 Å². The van der Waals surface area contributed by atoms with E-state index in [0.29, 0.717) is 10.8 Å². The standard InChI is InChI=1S/C9H8ClN3/c10-7-3-1-2-6-4-5-8(13-11)12-9(6)7/h1-5H,11H2,(H,12,13). The summed E-state index contributed by atoms with van der Waals surface area (Å²) in [6.07, 6.45) is 0. The summed E-state index contributed by atoms with van der Waals surface area (Å²) in [5.74, 6) is 5.85. The fourth-order valence-corrected chi connectivity index (χ4v) is 1.42. The number of fused-ring (bicyclic) bond motifs is 1. The van der Waals surface area contributed by atoms with Crippen molar-refractivity contribution in [1.29, 1.82) is 0 Å². The van der Waals surface area contributed by atoms with Crippen LogP contribution in [0.1, 0.15) is 0 Å². The van der Waals surface area contributed by atoms with Crippen molar-refractivity contribution in [2.45, 2.75) is 0 Å². The van der Waals surface area contributed by atoms with Crippen molar-refractivity contribution in [3.63, 3.8) is 0 Å². The summed E-state index contributed by atoms with van der Waals surface area (Å²) in [4.78, 5) is 4.23. The lowest BCUT2D eigenvalue weighted by molar-refractivity contribution is 1.26. The molecule has 1 aromatic carbocycles. The third kappa shape index (κ3) is 1.43. The van der Waals surface area contributed by atoms with Gasteiger partial charge in [-0.25, -0.2) is 10.8 Å². The molecule has 2 rings (SSSR count). The Morgan fingerprint density at radius 1 is 1.23 bits per heavy atom. The van der Waals surface area contributed by atoms with Gasteiger partial charge in [-0.15, -0.1) is 0 Å². The van der Waals surface area contributed by atoms with Crippen LogP contribution in [0, 0.1) is 0 Å². The predicted molar refractivity (Wildman–Crippen MR) is 54.6 cm³/mol. The van der Waals surface area contributed by atoms with Gasteiger partial charge in [0.15, 0.2) is 0 Å². The molecule has 3 N–H and O–H groups in total. The zero-order valence-electron chi connectivity index (χ0n) is 6.79. The minimum Gasteiger partial charge on any atom is -0.308 e. The van der Waals surface area contributed by atoms with E-state index in [0.717, 1.165) is 10.9 Å². The van der Waals surface area contributed by atoms with Gasteiger partial charge in [-0.2, -0.15) is 0 Å². The van der Waals surface area contributed by atoms with Gasteiger partial charge in [0.25, 0.3) is 0 Å².